The lowest BCUT2D eigenvalue weighted by Gasteiger charge is -2.40. The number of aromatic nitrogens is 2. The number of halogens is 3. The van der Waals surface area contributed by atoms with Gasteiger partial charge in [-0.15, -0.1) is 0 Å². The topological polar surface area (TPSA) is 56.3 Å². The lowest BCUT2D eigenvalue weighted by molar-refractivity contribution is 0.515. The molecule has 154 valence electrons. The van der Waals surface area contributed by atoms with Crippen LogP contribution in [0.2, 0.25) is 10.3 Å². The fraction of sp³-hybridized carbons (Fsp3) is 0.500. The van der Waals surface area contributed by atoms with E-state index in [9.17, 15) is 0 Å². The van der Waals surface area contributed by atoms with Crippen molar-refractivity contribution in [3.05, 3.63) is 32.1 Å². The van der Waals surface area contributed by atoms with Crippen molar-refractivity contribution in [3.63, 3.8) is 0 Å². The van der Waals surface area contributed by atoms with Crippen LogP contribution in [-0.2, 0) is 0 Å². The van der Waals surface area contributed by atoms with Gasteiger partial charge >= 0.3 is 0 Å². The van der Waals surface area contributed by atoms with E-state index in [0.717, 1.165) is 41.4 Å². The van der Waals surface area contributed by atoms with E-state index in [1.54, 1.807) is 0 Å². The molecule has 0 spiro atoms. The maximum atomic E-state index is 6.03. The van der Waals surface area contributed by atoms with Crippen molar-refractivity contribution in [3.8, 4) is 0 Å². The SMILES string of the molecule is Clc1ccc2c(n1)N[C@H]1CCCN2C1.Clc1nc2c(cc1I)N1CCC[C@@H](C1)N2. The largest absolute Gasteiger partial charge is 0.366 e. The lowest BCUT2D eigenvalue weighted by atomic mass is 10.0. The van der Waals surface area contributed by atoms with Gasteiger partial charge in [-0.05, 0) is 66.5 Å². The monoisotopic (exact) mass is 544 g/mol. The molecule has 0 unspecified atom stereocenters. The molecule has 0 saturated carbocycles. The smallest absolute Gasteiger partial charge is 0.151 e. The van der Waals surface area contributed by atoms with Gasteiger partial charge in [-0.3, -0.25) is 0 Å². The van der Waals surface area contributed by atoms with Crippen LogP contribution in [0.15, 0.2) is 18.2 Å². The lowest BCUT2D eigenvalue weighted by Crippen LogP contribution is -2.46. The zero-order valence-corrected chi connectivity index (χ0v) is 19.6. The van der Waals surface area contributed by atoms with Crippen LogP contribution in [0.25, 0.3) is 0 Å². The van der Waals surface area contributed by atoms with Crippen molar-refractivity contribution in [2.75, 3.05) is 46.6 Å². The first-order chi connectivity index (χ1) is 14.1. The van der Waals surface area contributed by atoms with E-state index in [0.29, 0.717) is 22.4 Å². The maximum absolute atomic E-state index is 6.03. The zero-order chi connectivity index (χ0) is 20.0. The van der Waals surface area contributed by atoms with Gasteiger partial charge in [-0.25, -0.2) is 9.97 Å². The summed E-state index contributed by atoms with van der Waals surface area (Å²) in [6.45, 7) is 4.50. The molecular weight excluding hydrogens is 522 g/mol. The van der Waals surface area contributed by atoms with Crippen molar-refractivity contribution in [2.45, 2.75) is 37.8 Å². The van der Waals surface area contributed by atoms with Gasteiger partial charge in [0.15, 0.2) is 11.6 Å². The van der Waals surface area contributed by atoms with E-state index in [1.165, 1.54) is 37.1 Å². The summed E-state index contributed by atoms with van der Waals surface area (Å²) in [5.74, 6) is 1.91. The highest BCUT2D eigenvalue weighted by molar-refractivity contribution is 14.1. The molecule has 2 N–H and O–H groups in total. The highest BCUT2D eigenvalue weighted by Crippen LogP contribution is 2.36. The van der Waals surface area contributed by atoms with Crippen LogP contribution in [-0.4, -0.2) is 48.2 Å². The Morgan fingerprint density at radius 1 is 0.897 bits per heavy atom. The van der Waals surface area contributed by atoms with E-state index in [2.05, 4.69) is 65.1 Å². The Kier molecular flexibility index (Phi) is 5.55. The summed E-state index contributed by atoms with van der Waals surface area (Å²) in [6, 6.07) is 7.15. The molecule has 6 nitrogen and oxygen atoms in total. The van der Waals surface area contributed by atoms with E-state index >= 15 is 0 Å². The summed E-state index contributed by atoms with van der Waals surface area (Å²) >= 11 is 14.1. The number of hydrogen-bond donors (Lipinski definition) is 2. The number of piperidine rings is 2. The quantitative estimate of drug-likeness (QED) is 0.365. The summed E-state index contributed by atoms with van der Waals surface area (Å²) in [4.78, 5) is 13.5. The minimum absolute atomic E-state index is 0.551. The summed E-state index contributed by atoms with van der Waals surface area (Å²) in [5.41, 5.74) is 2.41. The molecule has 4 bridgehead atoms. The van der Waals surface area contributed by atoms with Gasteiger partial charge in [0.05, 0.1) is 14.9 Å². The van der Waals surface area contributed by atoms with Gasteiger partial charge in [0, 0.05) is 38.3 Å². The van der Waals surface area contributed by atoms with Crippen LogP contribution < -0.4 is 20.4 Å². The van der Waals surface area contributed by atoms with Crippen LogP contribution in [0.1, 0.15) is 25.7 Å². The second kappa shape index (κ2) is 8.15. The maximum Gasteiger partial charge on any atom is 0.151 e. The molecular formula is C20H23Cl2IN6. The second-order valence-corrected chi connectivity index (χ2v) is 9.90. The van der Waals surface area contributed by atoms with Gasteiger partial charge < -0.3 is 20.4 Å². The highest BCUT2D eigenvalue weighted by atomic mass is 127. The Hall–Kier alpha value is -1.19. The van der Waals surface area contributed by atoms with Crippen LogP contribution in [0.4, 0.5) is 23.0 Å². The van der Waals surface area contributed by atoms with Crippen LogP contribution in [0.3, 0.4) is 0 Å². The second-order valence-electron chi connectivity index (χ2n) is 7.99. The number of fused-ring (bicyclic) bond motifs is 8. The fourth-order valence-corrected chi connectivity index (χ4v) is 5.31. The van der Waals surface area contributed by atoms with Crippen LogP contribution in [0, 0.1) is 3.57 Å². The number of nitrogens with one attached hydrogen (secondary N) is 2. The molecule has 0 radical (unpaired) electrons. The average Bonchev–Trinajstić information content (AvgIpc) is 2.70. The van der Waals surface area contributed by atoms with Gasteiger partial charge in [-0.1, -0.05) is 23.2 Å². The van der Waals surface area contributed by atoms with Crippen molar-refractivity contribution in [1.29, 1.82) is 0 Å². The first kappa shape index (κ1) is 19.8. The third-order valence-corrected chi connectivity index (χ3v) is 7.60. The standard InChI is InChI=1S/C10H11ClIN3.C10H12ClN3/c11-9-7(12)4-8-10(14-9)13-6-2-1-3-15(8)5-6;11-9-4-3-8-10(13-9)12-7-2-1-5-14(8)6-7/h4,6H,1-3,5H2,(H,13,14);3-4,7H,1-2,5-6H2,(H,12,13)/t6-;7-/m00/s1. The Morgan fingerprint density at radius 2 is 1.52 bits per heavy atom. The number of rotatable bonds is 0. The molecule has 2 saturated heterocycles. The van der Waals surface area contributed by atoms with Crippen LogP contribution >= 0.6 is 45.8 Å². The molecule has 2 atom stereocenters. The summed E-state index contributed by atoms with van der Waals surface area (Å²) in [7, 11) is 0. The Morgan fingerprint density at radius 3 is 2.21 bits per heavy atom. The third kappa shape index (κ3) is 4.05. The number of hydrogen-bond acceptors (Lipinski definition) is 6. The van der Waals surface area contributed by atoms with Crippen molar-refractivity contribution < 1.29 is 0 Å². The normalized spacial score (nSPS) is 23.7. The summed E-state index contributed by atoms with van der Waals surface area (Å²) in [6.07, 6.45) is 5.00. The first-order valence-corrected chi connectivity index (χ1v) is 12.0. The Balaban J connectivity index is 0.000000125. The first-order valence-electron chi connectivity index (χ1n) is 10.1. The number of pyridine rings is 2. The minimum Gasteiger partial charge on any atom is -0.366 e. The predicted molar refractivity (Wildman–Crippen MR) is 129 cm³/mol. The van der Waals surface area contributed by atoms with Gasteiger partial charge in [0.25, 0.3) is 0 Å². The molecule has 2 fully saturated rings. The fourth-order valence-electron chi connectivity index (χ4n) is 4.61. The Bertz CT molecular complexity index is 926. The number of anilines is 4. The molecule has 0 aromatic carbocycles. The van der Waals surface area contributed by atoms with Gasteiger partial charge in [-0.2, -0.15) is 0 Å². The van der Waals surface area contributed by atoms with Crippen molar-refractivity contribution in [2.24, 2.45) is 0 Å². The molecule has 4 aliphatic rings. The van der Waals surface area contributed by atoms with E-state index in [4.69, 9.17) is 23.2 Å². The van der Waals surface area contributed by atoms with Crippen molar-refractivity contribution in [1.82, 2.24) is 9.97 Å². The van der Waals surface area contributed by atoms with E-state index < -0.39 is 0 Å². The molecule has 0 aliphatic carbocycles. The van der Waals surface area contributed by atoms with E-state index in [1.807, 2.05) is 6.07 Å². The van der Waals surface area contributed by atoms with Gasteiger partial charge in [0.2, 0.25) is 0 Å². The summed E-state index contributed by atoms with van der Waals surface area (Å²) in [5, 5.41) is 8.05. The predicted octanol–water partition coefficient (Wildman–Crippen LogP) is 4.86. The molecule has 4 aliphatic heterocycles. The molecule has 2 aromatic rings. The molecule has 9 heteroatoms. The molecule has 6 rings (SSSR count). The van der Waals surface area contributed by atoms with E-state index in [-0.39, 0.29) is 0 Å². The summed E-state index contributed by atoms with van der Waals surface area (Å²) < 4.78 is 1.03. The van der Waals surface area contributed by atoms with Crippen molar-refractivity contribution >= 4 is 68.8 Å². The zero-order valence-electron chi connectivity index (χ0n) is 16.0. The minimum atomic E-state index is 0.551. The average molecular weight is 545 g/mol. The molecule has 2 aromatic heterocycles. The number of nitrogens with zero attached hydrogens (tertiary/aromatic N) is 4. The third-order valence-electron chi connectivity index (χ3n) is 5.96. The van der Waals surface area contributed by atoms with Crippen LogP contribution in [0.5, 0.6) is 0 Å². The molecule has 29 heavy (non-hydrogen) atoms. The van der Waals surface area contributed by atoms with Gasteiger partial charge in [0.1, 0.15) is 10.3 Å². The molecule has 6 heterocycles. The highest BCUT2D eigenvalue weighted by Gasteiger charge is 2.29. The Labute approximate surface area is 194 Å². The molecule has 0 amide bonds.